The van der Waals surface area contributed by atoms with Gasteiger partial charge in [0, 0.05) is 35.7 Å². The third-order valence-electron chi connectivity index (χ3n) is 2.42. The minimum Gasteiger partial charge on any atom is -0.357 e. The van der Waals surface area contributed by atoms with Gasteiger partial charge in [-0.25, -0.2) is 9.97 Å². The van der Waals surface area contributed by atoms with Crippen molar-refractivity contribution < 1.29 is 0 Å². The van der Waals surface area contributed by atoms with Gasteiger partial charge in [-0.2, -0.15) is 0 Å². The van der Waals surface area contributed by atoms with Crippen LogP contribution in [0.5, 0.6) is 0 Å². The molecular weight excluding hydrogens is 252 g/mol. The Bertz CT molecular complexity index is 434. The molecule has 0 saturated carbocycles. The lowest BCUT2D eigenvalue weighted by molar-refractivity contribution is 0.860. The number of nitrogens with one attached hydrogen (secondary N) is 1. The predicted molar refractivity (Wildman–Crippen MR) is 75.1 cm³/mol. The van der Waals surface area contributed by atoms with Crippen LogP contribution in [-0.2, 0) is 6.54 Å². The molecule has 92 valence electrons. The fourth-order valence-corrected chi connectivity index (χ4v) is 3.00. The summed E-state index contributed by atoms with van der Waals surface area (Å²) in [7, 11) is 0. The SMILES string of the molecule is CCN(CC)c1ncc(CNc2nccs2)s1. The Morgan fingerprint density at radius 1 is 1.29 bits per heavy atom. The highest BCUT2D eigenvalue weighted by atomic mass is 32.1. The first-order valence-corrected chi connectivity index (χ1v) is 7.36. The van der Waals surface area contributed by atoms with Crippen LogP contribution in [0.25, 0.3) is 0 Å². The average molecular weight is 268 g/mol. The van der Waals surface area contributed by atoms with Gasteiger partial charge in [0.05, 0.1) is 6.54 Å². The van der Waals surface area contributed by atoms with E-state index in [0.717, 1.165) is 29.9 Å². The fourth-order valence-electron chi connectivity index (χ4n) is 1.49. The molecule has 0 aliphatic rings. The van der Waals surface area contributed by atoms with Gasteiger partial charge in [0.1, 0.15) is 0 Å². The van der Waals surface area contributed by atoms with Crippen LogP contribution >= 0.6 is 22.7 Å². The lowest BCUT2D eigenvalue weighted by atomic mass is 10.5. The molecule has 0 radical (unpaired) electrons. The minimum atomic E-state index is 0.798. The Morgan fingerprint density at radius 3 is 2.76 bits per heavy atom. The molecular formula is C11H16N4S2. The zero-order chi connectivity index (χ0) is 12.1. The van der Waals surface area contributed by atoms with Crippen molar-refractivity contribution >= 4 is 32.9 Å². The van der Waals surface area contributed by atoms with E-state index in [2.05, 4.69) is 34.0 Å². The van der Waals surface area contributed by atoms with Crippen LogP contribution in [-0.4, -0.2) is 23.1 Å². The molecule has 0 aliphatic carbocycles. The first-order chi connectivity index (χ1) is 8.33. The maximum atomic E-state index is 4.45. The molecule has 0 saturated heterocycles. The monoisotopic (exact) mass is 268 g/mol. The van der Waals surface area contributed by atoms with Crippen molar-refractivity contribution in [3.63, 3.8) is 0 Å². The Hall–Kier alpha value is -1.14. The predicted octanol–water partition coefficient (Wildman–Crippen LogP) is 3.06. The summed E-state index contributed by atoms with van der Waals surface area (Å²) >= 11 is 3.36. The van der Waals surface area contributed by atoms with Gasteiger partial charge in [-0.3, -0.25) is 0 Å². The highest BCUT2D eigenvalue weighted by molar-refractivity contribution is 7.15. The summed E-state index contributed by atoms with van der Waals surface area (Å²) in [4.78, 5) is 12.1. The molecule has 2 aromatic heterocycles. The molecule has 0 aliphatic heterocycles. The van der Waals surface area contributed by atoms with Crippen LogP contribution in [0.2, 0.25) is 0 Å². The summed E-state index contributed by atoms with van der Waals surface area (Å²) in [6.45, 7) is 7.11. The van der Waals surface area contributed by atoms with Crippen molar-refractivity contribution in [3.8, 4) is 0 Å². The van der Waals surface area contributed by atoms with Gasteiger partial charge < -0.3 is 10.2 Å². The number of nitrogens with zero attached hydrogens (tertiary/aromatic N) is 3. The molecule has 0 fully saturated rings. The van der Waals surface area contributed by atoms with Crippen molar-refractivity contribution in [2.24, 2.45) is 0 Å². The van der Waals surface area contributed by atoms with Gasteiger partial charge in [-0.05, 0) is 13.8 Å². The van der Waals surface area contributed by atoms with E-state index in [4.69, 9.17) is 0 Å². The van der Waals surface area contributed by atoms with Gasteiger partial charge in [-0.1, -0.05) is 0 Å². The van der Waals surface area contributed by atoms with E-state index in [9.17, 15) is 0 Å². The van der Waals surface area contributed by atoms with Crippen LogP contribution < -0.4 is 10.2 Å². The highest BCUT2D eigenvalue weighted by Crippen LogP contribution is 2.23. The standard InChI is InChI=1S/C11H16N4S2/c1-3-15(4-2)11-14-8-9(17-11)7-13-10-12-5-6-16-10/h5-6,8H,3-4,7H2,1-2H3,(H,12,13). The molecule has 6 heteroatoms. The molecule has 0 atom stereocenters. The Morgan fingerprint density at radius 2 is 2.12 bits per heavy atom. The Balaban J connectivity index is 1.94. The molecule has 0 aromatic carbocycles. The molecule has 2 heterocycles. The third kappa shape index (κ3) is 3.17. The molecule has 4 nitrogen and oxygen atoms in total. The zero-order valence-electron chi connectivity index (χ0n) is 10.0. The lowest BCUT2D eigenvalue weighted by Gasteiger charge is -2.16. The van der Waals surface area contributed by atoms with Crippen molar-refractivity contribution in [1.29, 1.82) is 0 Å². The Labute approximate surface area is 109 Å². The first-order valence-electron chi connectivity index (χ1n) is 5.66. The molecule has 2 aromatic rings. The maximum Gasteiger partial charge on any atom is 0.185 e. The van der Waals surface area contributed by atoms with E-state index >= 15 is 0 Å². The molecule has 1 N–H and O–H groups in total. The number of hydrogen-bond acceptors (Lipinski definition) is 6. The van der Waals surface area contributed by atoms with Crippen LogP contribution in [0, 0.1) is 0 Å². The van der Waals surface area contributed by atoms with Crippen molar-refractivity contribution in [2.75, 3.05) is 23.3 Å². The topological polar surface area (TPSA) is 41.1 Å². The quantitative estimate of drug-likeness (QED) is 0.874. The lowest BCUT2D eigenvalue weighted by Crippen LogP contribution is -2.21. The van der Waals surface area contributed by atoms with Crippen LogP contribution in [0.4, 0.5) is 10.3 Å². The van der Waals surface area contributed by atoms with Crippen LogP contribution in [0.15, 0.2) is 17.8 Å². The molecule has 0 unspecified atom stereocenters. The van der Waals surface area contributed by atoms with Crippen molar-refractivity contribution in [1.82, 2.24) is 9.97 Å². The number of hydrogen-bond donors (Lipinski definition) is 1. The minimum absolute atomic E-state index is 0.798. The maximum absolute atomic E-state index is 4.45. The van der Waals surface area contributed by atoms with Gasteiger partial charge >= 0.3 is 0 Å². The largest absolute Gasteiger partial charge is 0.357 e. The molecule has 2 rings (SSSR count). The van der Waals surface area contributed by atoms with E-state index in [-0.39, 0.29) is 0 Å². The number of aromatic nitrogens is 2. The summed E-state index contributed by atoms with van der Waals surface area (Å²) in [6, 6.07) is 0. The smallest absolute Gasteiger partial charge is 0.185 e. The summed E-state index contributed by atoms with van der Waals surface area (Å²) in [5.74, 6) is 0. The van der Waals surface area contributed by atoms with E-state index in [1.807, 2.05) is 11.6 Å². The van der Waals surface area contributed by atoms with Crippen LogP contribution in [0.1, 0.15) is 18.7 Å². The molecule has 17 heavy (non-hydrogen) atoms. The average Bonchev–Trinajstić information content (AvgIpc) is 2.99. The number of rotatable bonds is 6. The van der Waals surface area contributed by atoms with Gasteiger partial charge in [0.15, 0.2) is 10.3 Å². The van der Waals surface area contributed by atoms with Crippen molar-refractivity contribution in [2.45, 2.75) is 20.4 Å². The molecule has 0 bridgehead atoms. The summed E-state index contributed by atoms with van der Waals surface area (Å²) in [5.41, 5.74) is 0. The Kier molecular flexibility index (Phi) is 4.33. The second-order valence-corrected chi connectivity index (χ2v) is 5.46. The highest BCUT2D eigenvalue weighted by Gasteiger charge is 2.07. The first kappa shape index (κ1) is 12.3. The van der Waals surface area contributed by atoms with E-state index < -0.39 is 0 Å². The van der Waals surface area contributed by atoms with Gasteiger partial charge in [0.25, 0.3) is 0 Å². The number of anilines is 2. The van der Waals surface area contributed by atoms with E-state index in [0.29, 0.717) is 0 Å². The van der Waals surface area contributed by atoms with Gasteiger partial charge in [-0.15, -0.1) is 22.7 Å². The molecule has 0 spiro atoms. The summed E-state index contributed by atoms with van der Waals surface area (Å²) in [6.07, 6.45) is 3.75. The zero-order valence-corrected chi connectivity index (χ0v) is 11.6. The summed E-state index contributed by atoms with van der Waals surface area (Å²) in [5, 5.41) is 7.32. The van der Waals surface area contributed by atoms with E-state index in [1.54, 1.807) is 28.9 Å². The van der Waals surface area contributed by atoms with E-state index in [1.165, 1.54) is 4.88 Å². The second-order valence-electron chi connectivity index (χ2n) is 3.47. The summed E-state index contributed by atoms with van der Waals surface area (Å²) < 4.78 is 0. The normalized spacial score (nSPS) is 10.5. The second kappa shape index (κ2) is 5.97. The van der Waals surface area contributed by atoms with Gasteiger partial charge in [0.2, 0.25) is 0 Å². The van der Waals surface area contributed by atoms with Crippen LogP contribution in [0.3, 0.4) is 0 Å². The third-order valence-corrected chi connectivity index (χ3v) is 4.21. The fraction of sp³-hybridized carbons (Fsp3) is 0.455. The molecule has 0 amide bonds. The number of thiazole rings is 2. The van der Waals surface area contributed by atoms with Crippen molar-refractivity contribution in [3.05, 3.63) is 22.7 Å².